The number of aromatic nitrogens is 7. The van der Waals surface area contributed by atoms with Crippen molar-refractivity contribution in [2.24, 2.45) is 0 Å². The number of halogens is 1. The van der Waals surface area contributed by atoms with Gasteiger partial charge in [0.15, 0.2) is 9.92 Å². The maximum Gasteiger partial charge on any atom is 0.278 e. The highest BCUT2D eigenvalue weighted by molar-refractivity contribution is 7.15. The molecule has 0 N–H and O–H groups in total. The number of hydrogen-bond donors (Lipinski definition) is 0. The molecule has 13 nitrogen and oxygen atoms in total. The predicted molar refractivity (Wildman–Crippen MR) is 159 cm³/mol. The Morgan fingerprint density at radius 1 is 0.786 bits per heavy atom. The molecule has 0 fully saturated rings. The van der Waals surface area contributed by atoms with E-state index < -0.39 is 4.92 Å². The van der Waals surface area contributed by atoms with Crippen LogP contribution >= 0.6 is 34.3 Å². The van der Waals surface area contributed by atoms with Gasteiger partial charge in [0.05, 0.1) is 50.5 Å². The first kappa shape index (κ1) is 27.2. The molecule has 16 heteroatoms. The lowest BCUT2D eigenvalue weighted by Gasteiger charge is -1.99. The van der Waals surface area contributed by atoms with Gasteiger partial charge in [-0.3, -0.25) is 29.0 Å². The standard InChI is InChI=1S/C14H10N6O2S.C12H8ClN3O2S/c21-20(22)13-4-2-1-3-11(13)12-6-19-10(7-23-14(19)17-12)5-18-9-15-8-16-18;13-5-8-7-19-12-14-10(6-15(8)12)9-3-1-2-4-11(9)16(17)18/h1-4,6-9H,5H2;1-4,6-7H,5H2. The zero-order chi connectivity index (χ0) is 29.2. The van der Waals surface area contributed by atoms with Gasteiger partial charge in [-0.1, -0.05) is 24.3 Å². The SMILES string of the molecule is O=[N+]([O-])c1ccccc1-c1cn2c(CCl)csc2n1.O=[N+]([O-])c1ccccc1-c1cn2c(Cn3cncn3)csc2n1. The summed E-state index contributed by atoms with van der Waals surface area (Å²) in [4.78, 5) is 35.8. The molecule has 0 saturated heterocycles. The third kappa shape index (κ3) is 5.23. The average molecular weight is 620 g/mol. The lowest BCUT2D eigenvalue weighted by molar-refractivity contribution is -0.384. The lowest BCUT2D eigenvalue weighted by atomic mass is 10.1. The van der Waals surface area contributed by atoms with Crippen molar-refractivity contribution in [1.29, 1.82) is 0 Å². The highest BCUT2D eigenvalue weighted by Crippen LogP contribution is 2.32. The van der Waals surface area contributed by atoms with Crippen molar-refractivity contribution in [1.82, 2.24) is 33.5 Å². The molecule has 0 bridgehead atoms. The van der Waals surface area contributed by atoms with E-state index in [0.717, 1.165) is 21.3 Å². The van der Waals surface area contributed by atoms with Gasteiger partial charge in [0.1, 0.15) is 12.7 Å². The van der Waals surface area contributed by atoms with Gasteiger partial charge >= 0.3 is 0 Å². The van der Waals surface area contributed by atoms with Crippen LogP contribution in [0.25, 0.3) is 32.4 Å². The number of hydrogen-bond acceptors (Lipinski definition) is 10. The molecule has 0 amide bonds. The Bertz CT molecular complexity index is 2040. The molecule has 0 saturated carbocycles. The molecule has 42 heavy (non-hydrogen) atoms. The second-order valence-corrected chi connectivity index (χ2v) is 10.7. The number of nitrogens with zero attached hydrogens (tertiary/aromatic N) is 9. The number of benzene rings is 2. The number of imidazole rings is 2. The molecule has 7 aromatic rings. The van der Waals surface area contributed by atoms with E-state index in [-0.39, 0.29) is 16.3 Å². The normalized spacial score (nSPS) is 11.1. The van der Waals surface area contributed by atoms with Crippen LogP contribution in [0.2, 0.25) is 0 Å². The van der Waals surface area contributed by atoms with Crippen LogP contribution in [-0.4, -0.2) is 43.4 Å². The van der Waals surface area contributed by atoms with Gasteiger partial charge in [0, 0.05) is 41.0 Å². The monoisotopic (exact) mass is 619 g/mol. The maximum atomic E-state index is 11.2. The minimum Gasteiger partial charge on any atom is -0.293 e. The fourth-order valence-corrected chi connectivity index (χ4v) is 6.34. The van der Waals surface area contributed by atoms with Crippen molar-refractivity contribution in [3.8, 4) is 22.5 Å². The molecule has 7 rings (SSSR count). The third-order valence-electron chi connectivity index (χ3n) is 6.25. The van der Waals surface area contributed by atoms with Crippen molar-refractivity contribution >= 4 is 55.6 Å². The summed E-state index contributed by atoms with van der Waals surface area (Å²) in [5.41, 5.74) is 4.24. The van der Waals surface area contributed by atoms with Gasteiger partial charge in [-0.05, 0) is 12.1 Å². The summed E-state index contributed by atoms with van der Waals surface area (Å²) >= 11 is 8.79. The molecule has 0 aliphatic heterocycles. The van der Waals surface area contributed by atoms with Crippen LogP contribution in [0.1, 0.15) is 11.4 Å². The fraction of sp³-hybridized carbons (Fsp3) is 0.0769. The molecule has 2 aromatic carbocycles. The zero-order valence-electron chi connectivity index (χ0n) is 21.3. The van der Waals surface area contributed by atoms with Gasteiger partial charge in [-0.2, -0.15) is 5.10 Å². The molecule has 5 aromatic heterocycles. The van der Waals surface area contributed by atoms with Crippen LogP contribution in [0, 0.1) is 20.2 Å². The van der Waals surface area contributed by atoms with Gasteiger partial charge in [0.25, 0.3) is 11.4 Å². The predicted octanol–water partition coefficient (Wildman–Crippen LogP) is 6.32. The van der Waals surface area contributed by atoms with E-state index in [1.807, 2.05) is 25.8 Å². The van der Waals surface area contributed by atoms with Crippen molar-refractivity contribution in [3.05, 3.63) is 116 Å². The zero-order valence-corrected chi connectivity index (χ0v) is 23.7. The summed E-state index contributed by atoms with van der Waals surface area (Å²) in [6.07, 6.45) is 6.73. The van der Waals surface area contributed by atoms with Crippen LogP contribution < -0.4 is 0 Å². The Balaban J connectivity index is 0.000000153. The maximum absolute atomic E-state index is 11.2. The first-order valence-corrected chi connectivity index (χ1v) is 14.5. The summed E-state index contributed by atoms with van der Waals surface area (Å²) in [7, 11) is 0. The van der Waals surface area contributed by atoms with E-state index in [2.05, 4.69) is 20.1 Å². The van der Waals surface area contributed by atoms with Crippen molar-refractivity contribution < 1.29 is 9.85 Å². The van der Waals surface area contributed by atoms with E-state index in [1.54, 1.807) is 53.6 Å². The minimum absolute atomic E-state index is 0.0519. The molecule has 0 radical (unpaired) electrons. The van der Waals surface area contributed by atoms with Crippen molar-refractivity contribution in [2.75, 3.05) is 0 Å². The minimum atomic E-state index is -0.398. The molecule has 0 atom stereocenters. The third-order valence-corrected chi connectivity index (χ3v) is 8.30. The Kier molecular flexibility index (Phi) is 7.43. The quantitative estimate of drug-likeness (QED) is 0.114. The van der Waals surface area contributed by atoms with Crippen LogP contribution in [0.5, 0.6) is 0 Å². The Labute approximate surface area is 249 Å². The second kappa shape index (κ2) is 11.5. The fourth-order valence-electron chi connectivity index (χ4n) is 4.31. The molecule has 0 aliphatic carbocycles. The molecular formula is C26H18ClN9O4S2. The van der Waals surface area contributed by atoms with Crippen molar-refractivity contribution in [2.45, 2.75) is 12.4 Å². The number of fused-ring (bicyclic) bond motifs is 2. The van der Waals surface area contributed by atoms with Crippen LogP contribution in [-0.2, 0) is 12.4 Å². The van der Waals surface area contributed by atoms with E-state index in [0.29, 0.717) is 34.9 Å². The molecule has 210 valence electrons. The number of alkyl halides is 1. The number of rotatable bonds is 7. The highest BCUT2D eigenvalue weighted by Gasteiger charge is 2.19. The second-order valence-electron chi connectivity index (χ2n) is 8.79. The summed E-state index contributed by atoms with van der Waals surface area (Å²) in [6, 6.07) is 13.2. The first-order chi connectivity index (χ1) is 20.4. The Morgan fingerprint density at radius 2 is 1.31 bits per heavy atom. The van der Waals surface area contributed by atoms with Gasteiger partial charge in [0.2, 0.25) is 0 Å². The van der Waals surface area contributed by atoms with E-state index in [4.69, 9.17) is 11.6 Å². The number of nitro benzene ring substituents is 2. The van der Waals surface area contributed by atoms with E-state index >= 15 is 0 Å². The van der Waals surface area contributed by atoms with Crippen LogP contribution in [0.15, 0.2) is 84.3 Å². The molecule has 0 spiro atoms. The topological polar surface area (TPSA) is 152 Å². The van der Waals surface area contributed by atoms with Crippen molar-refractivity contribution in [3.63, 3.8) is 0 Å². The Morgan fingerprint density at radius 3 is 1.81 bits per heavy atom. The lowest BCUT2D eigenvalue weighted by Crippen LogP contribution is -2.02. The number of para-hydroxylation sites is 2. The summed E-state index contributed by atoms with van der Waals surface area (Å²) in [5, 5.41) is 30.2. The smallest absolute Gasteiger partial charge is 0.278 e. The first-order valence-electron chi connectivity index (χ1n) is 12.2. The molecule has 0 aliphatic rings. The Hall–Kier alpha value is -4.99. The van der Waals surface area contributed by atoms with E-state index in [9.17, 15) is 20.2 Å². The average Bonchev–Trinajstić information content (AvgIpc) is 3.82. The summed E-state index contributed by atoms with van der Waals surface area (Å²) in [5.74, 6) is 0.382. The van der Waals surface area contributed by atoms with Crippen LogP contribution in [0.3, 0.4) is 0 Å². The highest BCUT2D eigenvalue weighted by atomic mass is 35.5. The summed E-state index contributed by atoms with van der Waals surface area (Å²) in [6.45, 7) is 0.562. The number of thiazole rings is 2. The molecular weight excluding hydrogens is 602 g/mol. The number of nitro groups is 2. The molecule has 0 unspecified atom stereocenters. The summed E-state index contributed by atoms with van der Waals surface area (Å²) < 4.78 is 5.51. The van der Waals surface area contributed by atoms with Gasteiger partial charge in [-0.15, -0.1) is 34.3 Å². The largest absolute Gasteiger partial charge is 0.293 e. The van der Waals surface area contributed by atoms with Crippen LogP contribution in [0.4, 0.5) is 11.4 Å². The van der Waals surface area contributed by atoms with Gasteiger partial charge < -0.3 is 0 Å². The molecule has 5 heterocycles. The van der Waals surface area contributed by atoms with E-state index in [1.165, 1.54) is 41.1 Å². The van der Waals surface area contributed by atoms with Gasteiger partial charge in [-0.25, -0.2) is 19.6 Å².